The van der Waals surface area contributed by atoms with Crippen molar-refractivity contribution < 1.29 is 8.42 Å². The van der Waals surface area contributed by atoms with Gasteiger partial charge in [0.15, 0.2) is 0 Å². The Balaban J connectivity index is 2.15. The van der Waals surface area contributed by atoms with E-state index < -0.39 is 9.84 Å². The van der Waals surface area contributed by atoms with Crippen LogP contribution in [0.2, 0.25) is 0 Å². The zero-order valence-electron chi connectivity index (χ0n) is 10.1. The summed E-state index contributed by atoms with van der Waals surface area (Å²) in [6, 6.07) is 4.04. The van der Waals surface area contributed by atoms with E-state index >= 15 is 0 Å². The Bertz CT molecular complexity index is 603. The highest BCUT2D eigenvalue weighted by Crippen LogP contribution is 2.27. The van der Waals surface area contributed by atoms with E-state index in [9.17, 15) is 8.42 Å². The molecule has 0 saturated carbocycles. The Morgan fingerprint density at radius 2 is 2.28 bits per heavy atom. The average molecular weight is 282 g/mol. The second kappa shape index (κ2) is 5.29. The van der Waals surface area contributed by atoms with Gasteiger partial charge in [0.05, 0.1) is 11.3 Å². The van der Waals surface area contributed by atoms with Crippen LogP contribution >= 0.6 is 11.8 Å². The Hall–Kier alpha value is -1.06. The molecule has 0 bridgehead atoms. The molecule has 0 fully saturated rings. The first-order valence-corrected chi connectivity index (χ1v) is 8.77. The fourth-order valence-electron chi connectivity index (χ4n) is 1.93. The number of rotatable bonds is 4. The third kappa shape index (κ3) is 3.24. The molecule has 6 heteroatoms. The van der Waals surface area contributed by atoms with Gasteiger partial charge in [-0.3, -0.25) is 0 Å². The monoisotopic (exact) mass is 282 g/mol. The maximum Gasteiger partial charge on any atom is 0.148 e. The van der Waals surface area contributed by atoms with E-state index in [0.29, 0.717) is 16.3 Å². The lowest BCUT2D eigenvalue weighted by Crippen LogP contribution is -2.05. The molecule has 0 radical (unpaired) electrons. The Labute approximate surface area is 111 Å². The van der Waals surface area contributed by atoms with Crippen LogP contribution in [0.4, 0.5) is 0 Å². The summed E-state index contributed by atoms with van der Waals surface area (Å²) in [5.74, 6) is 0.556. The van der Waals surface area contributed by atoms with Crippen LogP contribution in [0.3, 0.4) is 0 Å². The number of hydrogen-bond acceptors (Lipinski definition) is 5. The standard InChI is InChI=1S/C12H14N2O2S2/c1-18(15,16)6-5-17-12-10(8-13)7-9-3-2-4-11(9)14-12/h7H,2-6H2,1H3. The number of sulfone groups is 1. The zero-order chi connectivity index (χ0) is 13.2. The number of aromatic nitrogens is 1. The highest BCUT2D eigenvalue weighted by molar-refractivity contribution is 8.00. The van der Waals surface area contributed by atoms with Crippen molar-refractivity contribution in [3.8, 4) is 6.07 Å². The van der Waals surface area contributed by atoms with Crippen LogP contribution < -0.4 is 0 Å². The molecule has 96 valence electrons. The normalized spacial score (nSPS) is 14.2. The summed E-state index contributed by atoms with van der Waals surface area (Å²) in [6.07, 6.45) is 4.26. The highest BCUT2D eigenvalue weighted by Gasteiger charge is 2.16. The van der Waals surface area contributed by atoms with Crippen molar-refractivity contribution in [1.82, 2.24) is 4.98 Å². The van der Waals surface area contributed by atoms with Gasteiger partial charge in [-0.05, 0) is 30.9 Å². The van der Waals surface area contributed by atoms with Crippen molar-refractivity contribution >= 4 is 21.6 Å². The first kappa shape index (κ1) is 13.4. The maximum atomic E-state index is 11.1. The molecule has 4 nitrogen and oxygen atoms in total. The molecule has 18 heavy (non-hydrogen) atoms. The quantitative estimate of drug-likeness (QED) is 0.784. The van der Waals surface area contributed by atoms with E-state index in [1.165, 1.54) is 23.6 Å². The summed E-state index contributed by atoms with van der Waals surface area (Å²) in [7, 11) is -2.96. The lowest BCUT2D eigenvalue weighted by Gasteiger charge is -2.06. The van der Waals surface area contributed by atoms with Gasteiger partial charge in [-0.15, -0.1) is 11.8 Å². The summed E-state index contributed by atoms with van der Waals surface area (Å²) >= 11 is 1.35. The number of nitrogens with zero attached hydrogens (tertiary/aromatic N) is 2. The van der Waals surface area contributed by atoms with E-state index in [0.717, 1.165) is 25.0 Å². The van der Waals surface area contributed by atoms with Gasteiger partial charge in [0, 0.05) is 17.7 Å². The number of thioether (sulfide) groups is 1. The predicted molar refractivity (Wildman–Crippen MR) is 71.4 cm³/mol. The van der Waals surface area contributed by atoms with Gasteiger partial charge >= 0.3 is 0 Å². The molecule has 0 saturated heterocycles. The molecule has 1 aromatic rings. The Kier molecular flexibility index (Phi) is 3.93. The molecule has 1 aliphatic carbocycles. The third-order valence-corrected chi connectivity index (χ3v) is 5.03. The zero-order valence-corrected chi connectivity index (χ0v) is 11.8. The molecule has 2 rings (SSSR count). The van der Waals surface area contributed by atoms with Gasteiger partial charge in [-0.2, -0.15) is 5.26 Å². The lowest BCUT2D eigenvalue weighted by atomic mass is 10.2. The van der Waals surface area contributed by atoms with E-state index in [2.05, 4.69) is 11.1 Å². The molecule has 0 spiro atoms. The van der Waals surface area contributed by atoms with Gasteiger partial charge in [0.2, 0.25) is 0 Å². The fourth-order valence-corrected chi connectivity index (χ4v) is 4.11. The number of hydrogen-bond donors (Lipinski definition) is 0. The van der Waals surface area contributed by atoms with Crippen molar-refractivity contribution in [2.24, 2.45) is 0 Å². The number of nitriles is 1. The van der Waals surface area contributed by atoms with Crippen LogP contribution in [-0.2, 0) is 22.7 Å². The van der Waals surface area contributed by atoms with Crippen LogP contribution in [-0.4, -0.2) is 31.2 Å². The van der Waals surface area contributed by atoms with Gasteiger partial charge in [0.1, 0.15) is 20.9 Å². The summed E-state index contributed by atoms with van der Waals surface area (Å²) in [4.78, 5) is 4.49. The van der Waals surface area contributed by atoms with Crippen molar-refractivity contribution in [2.45, 2.75) is 24.3 Å². The predicted octanol–water partition coefficient (Wildman–Crippen LogP) is 1.58. The van der Waals surface area contributed by atoms with Gasteiger partial charge < -0.3 is 0 Å². The number of aryl methyl sites for hydroxylation is 2. The third-order valence-electron chi connectivity index (χ3n) is 2.83. The number of pyridine rings is 1. The van der Waals surface area contributed by atoms with Crippen LogP contribution in [0, 0.1) is 11.3 Å². The molecule has 1 aliphatic rings. The summed E-state index contributed by atoms with van der Waals surface area (Å²) < 4.78 is 22.1. The average Bonchev–Trinajstić information content (AvgIpc) is 2.73. The molecular formula is C12H14N2O2S2. The van der Waals surface area contributed by atoms with Gasteiger partial charge in [-0.1, -0.05) is 0 Å². The first-order valence-electron chi connectivity index (χ1n) is 5.73. The summed E-state index contributed by atoms with van der Waals surface area (Å²) in [6.45, 7) is 0. The minimum absolute atomic E-state index is 0.112. The SMILES string of the molecule is CS(=O)(=O)CCSc1nc2c(cc1C#N)CCC2. The minimum atomic E-state index is -2.96. The molecule has 0 aromatic carbocycles. The van der Waals surface area contributed by atoms with Crippen molar-refractivity contribution in [2.75, 3.05) is 17.8 Å². The smallest absolute Gasteiger partial charge is 0.148 e. The van der Waals surface area contributed by atoms with Crippen LogP contribution in [0.25, 0.3) is 0 Å². The second-order valence-corrected chi connectivity index (χ2v) is 7.73. The Morgan fingerprint density at radius 3 is 2.94 bits per heavy atom. The van der Waals surface area contributed by atoms with E-state index in [-0.39, 0.29) is 5.75 Å². The van der Waals surface area contributed by atoms with Crippen LogP contribution in [0.15, 0.2) is 11.1 Å². The van der Waals surface area contributed by atoms with Crippen molar-refractivity contribution in [3.63, 3.8) is 0 Å². The van der Waals surface area contributed by atoms with E-state index in [1.807, 2.05) is 6.07 Å². The molecular weight excluding hydrogens is 268 g/mol. The highest BCUT2D eigenvalue weighted by atomic mass is 32.2. The van der Waals surface area contributed by atoms with Crippen molar-refractivity contribution in [3.05, 3.63) is 22.9 Å². The molecule has 0 aliphatic heterocycles. The van der Waals surface area contributed by atoms with E-state index in [4.69, 9.17) is 5.26 Å². The molecule has 0 amide bonds. The Morgan fingerprint density at radius 1 is 1.50 bits per heavy atom. The van der Waals surface area contributed by atoms with Crippen LogP contribution in [0.5, 0.6) is 0 Å². The fraction of sp³-hybridized carbons (Fsp3) is 0.500. The lowest BCUT2D eigenvalue weighted by molar-refractivity contribution is 0.603. The number of fused-ring (bicyclic) bond motifs is 1. The largest absolute Gasteiger partial charge is 0.245 e. The minimum Gasteiger partial charge on any atom is -0.245 e. The van der Waals surface area contributed by atoms with Gasteiger partial charge in [-0.25, -0.2) is 13.4 Å². The maximum absolute atomic E-state index is 11.1. The van der Waals surface area contributed by atoms with Crippen molar-refractivity contribution in [1.29, 1.82) is 5.26 Å². The first-order chi connectivity index (χ1) is 8.49. The summed E-state index contributed by atoms with van der Waals surface area (Å²) in [5, 5.41) is 9.76. The molecule has 1 heterocycles. The molecule has 1 aromatic heterocycles. The molecule has 0 unspecified atom stereocenters. The molecule has 0 N–H and O–H groups in total. The second-order valence-electron chi connectivity index (χ2n) is 4.39. The summed E-state index contributed by atoms with van der Waals surface area (Å²) in [5.41, 5.74) is 2.80. The van der Waals surface area contributed by atoms with Crippen LogP contribution in [0.1, 0.15) is 23.2 Å². The topological polar surface area (TPSA) is 70.8 Å². The van der Waals surface area contributed by atoms with Gasteiger partial charge in [0.25, 0.3) is 0 Å². The molecule has 0 atom stereocenters. The van der Waals surface area contributed by atoms with E-state index in [1.54, 1.807) is 0 Å².